The highest BCUT2D eigenvalue weighted by atomic mass is 16.5. The van der Waals surface area contributed by atoms with Crippen molar-refractivity contribution in [1.29, 1.82) is 0 Å². The van der Waals surface area contributed by atoms with Crippen molar-refractivity contribution in [2.45, 2.75) is 25.7 Å². The van der Waals surface area contributed by atoms with Crippen LogP contribution in [0.5, 0.6) is 0 Å². The molecule has 0 bridgehead atoms. The Morgan fingerprint density at radius 1 is 1.69 bits per heavy atom. The monoisotopic (exact) mass is 222 g/mol. The van der Waals surface area contributed by atoms with Crippen LogP contribution in [0, 0.1) is 5.92 Å². The van der Waals surface area contributed by atoms with Gasteiger partial charge in [-0.25, -0.2) is 0 Å². The third-order valence-corrected chi connectivity index (χ3v) is 3.17. The molecule has 0 spiro atoms. The lowest BCUT2D eigenvalue weighted by Gasteiger charge is -2.20. The minimum atomic E-state index is 0.127. The van der Waals surface area contributed by atoms with Crippen LogP contribution in [-0.4, -0.2) is 28.8 Å². The predicted octanol–water partition coefficient (Wildman–Crippen LogP) is 1.35. The summed E-state index contributed by atoms with van der Waals surface area (Å²) in [6, 6.07) is 1.96. The fourth-order valence-corrected chi connectivity index (χ4v) is 2.10. The van der Waals surface area contributed by atoms with Gasteiger partial charge in [0, 0.05) is 37.9 Å². The van der Waals surface area contributed by atoms with Crippen LogP contribution in [0.2, 0.25) is 0 Å². The van der Waals surface area contributed by atoms with E-state index in [4.69, 9.17) is 4.74 Å². The smallest absolute Gasteiger partial charge is 0.138 e. The summed E-state index contributed by atoms with van der Waals surface area (Å²) in [6.07, 6.45) is 5.16. The van der Waals surface area contributed by atoms with Gasteiger partial charge in [0.15, 0.2) is 0 Å². The first-order valence-corrected chi connectivity index (χ1v) is 5.84. The summed E-state index contributed by atoms with van der Waals surface area (Å²) in [5.74, 6) is 0.461. The zero-order valence-corrected chi connectivity index (χ0v) is 9.69. The van der Waals surface area contributed by atoms with Gasteiger partial charge in [-0.05, 0) is 25.3 Å². The van der Waals surface area contributed by atoms with Gasteiger partial charge in [0.1, 0.15) is 5.78 Å². The Hall–Kier alpha value is -1.16. The Labute approximate surface area is 95.6 Å². The average molecular weight is 222 g/mol. The maximum Gasteiger partial charge on any atom is 0.138 e. The fourth-order valence-electron chi connectivity index (χ4n) is 2.10. The molecule has 16 heavy (non-hydrogen) atoms. The van der Waals surface area contributed by atoms with E-state index in [-0.39, 0.29) is 5.92 Å². The highest BCUT2D eigenvalue weighted by Crippen LogP contribution is 2.17. The first-order valence-electron chi connectivity index (χ1n) is 5.84. The average Bonchev–Trinajstić information content (AvgIpc) is 2.73. The van der Waals surface area contributed by atoms with Gasteiger partial charge >= 0.3 is 0 Å². The minimum Gasteiger partial charge on any atom is -0.381 e. The molecule has 1 aliphatic heterocycles. The number of nitrogens with zero attached hydrogens (tertiary/aromatic N) is 2. The van der Waals surface area contributed by atoms with Gasteiger partial charge in [-0.2, -0.15) is 5.10 Å². The summed E-state index contributed by atoms with van der Waals surface area (Å²) in [5.41, 5.74) is 1.12. The number of Topliss-reactive ketones (excluding diaryl/α,β-unsaturated/α-hetero) is 1. The van der Waals surface area contributed by atoms with E-state index in [1.54, 1.807) is 6.20 Å². The second-order valence-corrected chi connectivity index (χ2v) is 4.33. The third kappa shape index (κ3) is 2.70. The molecule has 1 aliphatic rings. The molecule has 1 saturated heterocycles. The molecule has 1 unspecified atom stereocenters. The van der Waals surface area contributed by atoms with Gasteiger partial charge in [0.25, 0.3) is 0 Å². The summed E-state index contributed by atoms with van der Waals surface area (Å²) in [7, 11) is 1.91. The van der Waals surface area contributed by atoms with E-state index in [1.165, 1.54) is 0 Å². The first kappa shape index (κ1) is 11.3. The van der Waals surface area contributed by atoms with E-state index in [1.807, 2.05) is 17.8 Å². The van der Waals surface area contributed by atoms with Crippen LogP contribution in [-0.2, 0) is 23.0 Å². The molecule has 0 N–H and O–H groups in total. The number of rotatable bonds is 4. The summed E-state index contributed by atoms with van der Waals surface area (Å²) >= 11 is 0. The molecule has 2 heterocycles. The van der Waals surface area contributed by atoms with E-state index in [2.05, 4.69) is 5.10 Å². The van der Waals surface area contributed by atoms with Gasteiger partial charge in [-0.15, -0.1) is 0 Å². The van der Waals surface area contributed by atoms with Gasteiger partial charge in [0.2, 0.25) is 0 Å². The Bertz CT molecular complexity index is 354. The molecule has 0 aromatic carbocycles. The first-order chi connectivity index (χ1) is 7.77. The predicted molar refractivity (Wildman–Crippen MR) is 60.1 cm³/mol. The number of aryl methyl sites for hydroxylation is 2. The minimum absolute atomic E-state index is 0.127. The summed E-state index contributed by atoms with van der Waals surface area (Å²) in [5, 5.41) is 4.09. The molecule has 1 aromatic rings. The lowest BCUT2D eigenvalue weighted by atomic mass is 9.94. The highest BCUT2D eigenvalue weighted by molar-refractivity contribution is 5.81. The Kier molecular flexibility index (Phi) is 3.72. The van der Waals surface area contributed by atoms with Crippen LogP contribution in [0.1, 0.15) is 25.0 Å². The second kappa shape index (κ2) is 5.25. The van der Waals surface area contributed by atoms with Crippen molar-refractivity contribution in [3.63, 3.8) is 0 Å². The standard InChI is InChI=1S/C12H18N2O2/c1-14-11(6-7-13-14)4-5-12(15)10-3-2-8-16-9-10/h6-7,10H,2-5,8-9H2,1H3. The summed E-state index contributed by atoms with van der Waals surface area (Å²) in [6.45, 7) is 1.43. The zero-order chi connectivity index (χ0) is 11.4. The summed E-state index contributed by atoms with van der Waals surface area (Å²) in [4.78, 5) is 11.9. The number of carbonyl (C=O) groups is 1. The van der Waals surface area contributed by atoms with Crippen molar-refractivity contribution in [3.05, 3.63) is 18.0 Å². The fraction of sp³-hybridized carbons (Fsp3) is 0.667. The van der Waals surface area contributed by atoms with Crippen molar-refractivity contribution in [3.8, 4) is 0 Å². The van der Waals surface area contributed by atoms with Crippen LogP contribution < -0.4 is 0 Å². The number of hydrogen-bond acceptors (Lipinski definition) is 3. The Morgan fingerprint density at radius 2 is 2.56 bits per heavy atom. The van der Waals surface area contributed by atoms with E-state index in [0.717, 1.165) is 31.6 Å². The van der Waals surface area contributed by atoms with E-state index < -0.39 is 0 Å². The molecule has 1 fully saturated rings. The molecule has 88 valence electrons. The molecular weight excluding hydrogens is 204 g/mol. The van der Waals surface area contributed by atoms with Crippen molar-refractivity contribution < 1.29 is 9.53 Å². The molecule has 2 rings (SSSR count). The van der Waals surface area contributed by atoms with Gasteiger partial charge in [0.05, 0.1) is 6.61 Å². The van der Waals surface area contributed by atoms with Crippen molar-refractivity contribution in [2.24, 2.45) is 13.0 Å². The van der Waals surface area contributed by atoms with Crippen LogP contribution in [0.3, 0.4) is 0 Å². The molecule has 1 aromatic heterocycles. The van der Waals surface area contributed by atoms with Crippen molar-refractivity contribution >= 4 is 5.78 Å². The number of hydrogen-bond donors (Lipinski definition) is 0. The third-order valence-electron chi connectivity index (χ3n) is 3.17. The van der Waals surface area contributed by atoms with Crippen molar-refractivity contribution in [2.75, 3.05) is 13.2 Å². The quantitative estimate of drug-likeness (QED) is 0.772. The largest absolute Gasteiger partial charge is 0.381 e. The molecule has 0 aliphatic carbocycles. The van der Waals surface area contributed by atoms with Gasteiger partial charge < -0.3 is 4.74 Å². The van der Waals surface area contributed by atoms with Crippen molar-refractivity contribution in [1.82, 2.24) is 9.78 Å². The molecule has 4 nitrogen and oxygen atoms in total. The maximum absolute atomic E-state index is 11.9. The number of ketones is 1. The molecule has 4 heteroatoms. The Morgan fingerprint density at radius 3 is 3.19 bits per heavy atom. The zero-order valence-electron chi connectivity index (χ0n) is 9.69. The lowest BCUT2D eigenvalue weighted by molar-refractivity contribution is -0.126. The topological polar surface area (TPSA) is 44.1 Å². The maximum atomic E-state index is 11.9. The SMILES string of the molecule is Cn1nccc1CCC(=O)C1CCCOC1. The van der Waals surface area contributed by atoms with Gasteiger partial charge in [-0.1, -0.05) is 0 Å². The van der Waals surface area contributed by atoms with Crippen LogP contribution in [0.4, 0.5) is 0 Å². The van der Waals surface area contributed by atoms with Crippen LogP contribution in [0.15, 0.2) is 12.3 Å². The lowest BCUT2D eigenvalue weighted by Crippen LogP contribution is -2.25. The number of aromatic nitrogens is 2. The molecular formula is C12H18N2O2. The molecule has 1 atom stereocenters. The molecule has 0 saturated carbocycles. The number of carbonyl (C=O) groups excluding carboxylic acids is 1. The van der Waals surface area contributed by atoms with E-state index in [9.17, 15) is 4.79 Å². The van der Waals surface area contributed by atoms with Crippen LogP contribution in [0.25, 0.3) is 0 Å². The molecule has 0 radical (unpaired) electrons. The highest BCUT2D eigenvalue weighted by Gasteiger charge is 2.21. The van der Waals surface area contributed by atoms with Crippen LogP contribution >= 0.6 is 0 Å². The van der Waals surface area contributed by atoms with E-state index in [0.29, 0.717) is 18.8 Å². The van der Waals surface area contributed by atoms with Gasteiger partial charge in [-0.3, -0.25) is 9.48 Å². The number of ether oxygens (including phenoxy) is 1. The van der Waals surface area contributed by atoms with E-state index >= 15 is 0 Å². The normalized spacial score (nSPS) is 20.9. The second-order valence-electron chi connectivity index (χ2n) is 4.33. The Balaban J connectivity index is 1.81. The summed E-state index contributed by atoms with van der Waals surface area (Å²) < 4.78 is 7.15. The molecule has 0 amide bonds.